The third-order valence-electron chi connectivity index (χ3n) is 8.76. The molecular formula is C36H45N3O7. The van der Waals surface area contributed by atoms with Crippen molar-refractivity contribution in [2.24, 2.45) is 5.92 Å². The molecule has 4 rings (SSSR count). The summed E-state index contributed by atoms with van der Waals surface area (Å²) in [5.74, 6) is -1.85. The number of nitrogens with zero attached hydrogens (tertiary/aromatic N) is 1. The summed E-state index contributed by atoms with van der Waals surface area (Å²) < 4.78 is 11.0. The van der Waals surface area contributed by atoms with E-state index >= 15 is 0 Å². The molecule has 2 aromatic rings. The first-order chi connectivity index (χ1) is 22.3. The molecule has 0 unspecified atom stereocenters. The fraction of sp³-hybridized carbons (Fsp3) is 0.444. The van der Waals surface area contributed by atoms with Gasteiger partial charge in [0.15, 0.2) is 0 Å². The van der Waals surface area contributed by atoms with Crippen molar-refractivity contribution in [2.45, 2.75) is 82.1 Å². The van der Waals surface area contributed by atoms with Gasteiger partial charge in [0.2, 0.25) is 11.8 Å². The lowest BCUT2D eigenvalue weighted by atomic mass is 9.91. The van der Waals surface area contributed by atoms with Gasteiger partial charge in [-0.1, -0.05) is 79.6 Å². The summed E-state index contributed by atoms with van der Waals surface area (Å²) in [5, 5.41) is 15.7. The number of esters is 1. The third kappa shape index (κ3) is 9.29. The van der Waals surface area contributed by atoms with Crippen molar-refractivity contribution >= 4 is 23.9 Å². The predicted molar refractivity (Wildman–Crippen MR) is 173 cm³/mol. The van der Waals surface area contributed by atoms with Crippen molar-refractivity contribution < 1.29 is 33.8 Å². The number of rotatable bonds is 15. The Kier molecular flexibility index (Phi) is 12.5. The summed E-state index contributed by atoms with van der Waals surface area (Å²) in [6.45, 7) is 7.67. The molecule has 0 radical (unpaired) electrons. The zero-order valence-electron chi connectivity index (χ0n) is 26.3. The summed E-state index contributed by atoms with van der Waals surface area (Å²) in [5.41, 5.74) is 2.16. The molecule has 3 atom stereocenters. The number of nitrogens with one attached hydrogen (secondary N) is 2. The fourth-order valence-corrected chi connectivity index (χ4v) is 6.17. The lowest BCUT2D eigenvalue weighted by molar-refractivity contribution is -0.149. The van der Waals surface area contributed by atoms with Gasteiger partial charge in [0, 0.05) is 13.0 Å². The van der Waals surface area contributed by atoms with Crippen LogP contribution in [0.2, 0.25) is 0 Å². The van der Waals surface area contributed by atoms with Crippen LogP contribution in [0.4, 0.5) is 4.79 Å². The Morgan fingerprint density at radius 2 is 1.63 bits per heavy atom. The van der Waals surface area contributed by atoms with Gasteiger partial charge in [-0.2, -0.15) is 0 Å². The normalized spacial score (nSPS) is 17.9. The van der Waals surface area contributed by atoms with E-state index in [0.717, 1.165) is 29.5 Å². The van der Waals surface area contributed by atoms with Crippen LogP contribution in [0.1, 0.15) is 61.6 Å². The molecule has 2 aromatic carbocycles. The van der Waals surface area contributed by atoms with Crippen LogP contribution in [0.25, 0.3) is 0 Å². The molecule has 1 heterocycles. The number of aliphatic hydroxyl groups excluding tert-OH is 1. The van der Waals surface area contributed by atoms with Crippen LogP contribution in [0, 0.1) is 5.92 Å². The highest BCUT2D eigenvalue weighted by Crippen LogP contribution is 2.32. The van der Waals surface area contributed by atoms with Gasteiger partial charge in [-0.3, -0.25) is 9.59 Å². The summed E-state index contributed by atoms with van der Waals surface area (Å²) in [6.07, 6.45) is 6.21. The molecule has 3 amide bonds. The van der Waals surface area contributed by atoms with Gasteiger partial charge in [-0.15, -0.1) is 13.2 Å². The molecule has 10 nitrogen and oxygen atoms in total. The second-order valence-electron chi connectivity index (χ2n) is 12.1. The molecule has 3 N–H and O–H groups in total. The molecule has 1 aliphatic carbocycles. The average molecular weight is 632 g/mol. The Hall–Kier alpha value is -4.44. The van der Waals surface area contributed by atoms with Crippen LogP contribution < -0.4 is 10.6 Å². The van der Waals surface area contributed by atoms with Gasteiger partial charge < -0.3 is 30.1 Å². The number of hydrogen-bond acceptors (Lipinski definition) is 7. The second-order valence-corrected chi connectivity index (χ2v) is 12.1. The lowest BCUT2D eigenvalue weighted by Gasteiger charge is -2.37. The van der Waals surface area contributed by atoms with Gasteiger partial charge in [0.25, 0.3) is 0 Å². The Balaban J connectivity index is 1.35. The number of alkyl carbamates (subject to hydrolysis) is 1. The number of carbonyl (C=O) groups excluding carboxylic acids is 4. The number of benzene rings is 2. The van der Waals surface area contributed by atoms with Gasteiger partial charge in [0.05, 0.1) is 24.1 Å². The van der Waals surface area contributed by atoms with E-state index in [-0.39, 0.29) is 56.9 Å². The van der Waals surface area contributed by atoms with Crippen molar-refractivity contribution in [2.75, 3.05) is 13.2 Å². The topological polar surface area (TPSA) is 134 Å². The predicted octanol–water partition coefficient (Wildman–Crippen LogP) is 4.36. The van der Waals surface area contributed by atoms with Gasteiger partial charge >= 0.3 is 12.1 Å². The largest absolute Gasteiger partial charge is 0.462 e. The molecule has 1 aliphatic heterocycles. The molecule has 46 heavy (non-hydrogen) atoms. The van der Waals surface area contributed by atoms with E-state index in [1.807, 2.05) is 54.6 Å². The number of fused-ring (bicyclic) bond motifs is 1. The minimum absolute atomic E-state index is 0.0389. The maximum atomic E-state index is 13.7. The van der Waals surface area contributed by atoms with E-state index in [0.29, 0.717) is 25.8 Å². The number of amides is 3. The number of allylic oxidation sites excluding steroid dienone is 1. The zero-order valence-corrected chi connectivity index (χ0v) is 26.3. The molecule has 0 bridgehead atoms. The van der Waals surface area contributed by atoms with E-state index < -0.39 is 29.6 Å². The first-order valence-corrected chi connectivity index (χ1v) is 15.9. The molecule has 0 aromatic heterocycles. The number of carbonyl (C=O) groups is 4. The summed E-state index contributed by atoms with van der Waals surface area (Å²) >= 11 is 0. The van der Waals surface area contributed by atoms with Crippen LogP contribution in [0.5, 0.6) is 0 Å². The maximum Gasteiger partial charge on any atom is 0.408 e. The SMILES string of the molecule is C=CC[C@H](CC(=O)N1Cc2ccccc2C[C@H]1CO)C(=O)NC1(COC(=O)[C@@H](CC=C)NC(=O)OCc2ccccc2)CCCC1. The summed E-state index contributed by atoms with van der Waals surface area (Å²) in [7, 11) is 0. The van der Waals surface area contributed by atoms with E-state index in [1.54, 1.807) is 11.0 Å². The van der Waals surface area contributed by atoms with Gasteiger partial charge in [-0.05, 0) is 48.8 Å². The monoisotopic (exact) mass is 631 g/mol. The van der Waals surface area contributed by atoms with Crippen LogP contribution >= 0.6 is 0 Å². The molecular weight excluding hydrogens is 586 g/mol. The van der Waals surface area contributed by atoms with E-state index in [1.165, 1.54) is 6.08 Å². The highest BCUT2D eigenvalue weighted by atomic mass is 16.6. The number of hydrogen-bond donors (Lipinski definition) is 3. The van der Waals surface area contributed by atoms with E-state index in [9.17, 15) is 24.3 Å². The smallest absolute Gasteiger partial charge is 0.408 e. The number of aliphatic hydroxyl groups is 1. The Morgan fingerprint density at radius 1 is 0.957 bits per heavy atom. The quantitative estimate of drug-likeness (QED) is 0.197. The zero-order chi connectivity index (χ0) is 32.9. The van der Waals surface area contributed by atoms with Gasteiger partial charge in [0.1, 0.15) is 19.3 Å². The van der Waals surface area contributed by atoms with E-state index in [4.69, 9.17) is 9.47 Å². The molecule has 10 heteroatoms. The summed E-state index contributed by atoms with van der Waals surface area (Å²) in [4.78, 5) is 54.4. The minimum atomic E-state index is -1.00. The Bertz CT molecular complexity index is 1370. The minimum Gasteiger partial charge on any atom is -0.462 e. The maximum absolute atomic E-state index is 13.7. The molecule has 1 saturated carbocycles. The fourth-order valence-electron chi connectivity index (χ4n) is 6.17. The van der Waals surface area contributed by atoms with Gasteiger partial charge in [-0.25, -0.2) is 9.59 Å². The highest BCUT2D eigenvalue weighted by Gasteiger charge is 2.40. The first kappa shape index (κ1) is 34.4. The van der Waals surface area contributed by atoms with Crippen LogP contribution in [0.3, 0.4) is 0 Å². The summed E-state index contributed by atoms with van der Waals surface area (Å²) in [6, 6.07) is 15.7. The van der Waals surface area contributed by atoms with Crippen molar-refractivity contribution in [1.29, 1.82) is 0 Å². The molecule has 246 valence electrons. The molecule has 2 aliphatic rings. The van der Waals surface area contributed by atoms with Crippen molar-refractivity contribution in [1.82, 2.24) is 15.5 Å². The highest BCUT2D eigenvalue weighted by molar-refractivity contribution is 5.87. The first-order valence-electron chi connectivity index (χ1n) is 15.9. The van der Waals surface area contributed by atoms with Crippen LogP contribution in [-0.2, 0) is 43.4 Å². The third-order valence-corrected chi connectivity index (χ3v) is 8.76. The molecule has 0 saturated heterocycles. The lowest BCUT2D eigenvalue weighted by Crippen LogP contribution is -2.54. The molecule has 0 spiro atoms. The van der Waals surface area contributed by atoms with Crippen molar-refractivity contribution in [3.8, 4) is 0 Å². The van der Waals surface area contributed by atoms with Crippen LogP contribution in [0.15, 0.2) is 79.9 Å². The Morgan fingerprint density at radius 3 is 2.30 bits per heavy atom. The standard InChI is InChI=1S/C36H45N3O7/c1-3-12-28(21-32(41)39-22-29-17-9-8-16-27(29)20-30(39)23-40)33(42)38-36(18-10-11-19-36)25-46-34(43)31(13-4-2)37-35(44)45-24-26-14-6-5-7-15-26/h3-9,14-17,28,30-31,40H,1-2,10-13,18-25H2,(H,37,44)(H,38,42)/t28-,30+,31-/m1/s1. The van der Waals surface area contributed by atoms with Crippen molar-refractivity contribution in [3.63, 3.8) is 0 Å². The average Bonchev–Trinajstić information content (AvgIpc) is 3.53. The van der Waals surface area contributed by atoms with E-state index in [2.05, 4.69) is 23.8 Å². The number of ether oxygens (including phenoxy) is 2. The molecule has 1 fully saturated rings. The Labute approximate surface area is 270 Å². The van der Waals surface area contributed by atoms with Crippen molar-refractivity contribution in [3.05, 3.63) is 96.6 Å². The van der Waals surface area contributed by atoms with Crippen LogP contribution in [-0.4, -0.2) is 64.7 Å². The second kappa shape index (κ2) is 16.7.